The quantitative estimate of drug-likeness (QED) is 0.805. The van der Waals surface area contributed by atoms with E-state index in [0.29, 0.717) is 6.42 Å². The maximum Gasteiger partial charge on any atom is 0.228 e. The maximum atomic E-state index is 12.9. The topological polar surface area (TPSA) is 49.0 Å². The minimum Gasteiger partial charge on any atom is -0.348 e. The Morgan fingerprint density at radius 3 is 2.91 bits per heavy atom. The fourth-order valence-corrected chi connectivity index (χ4v) is 3.88. The number of H-pyrrole nitrogens is 1. The zero-order chi connectivity index (χ0) is 15.6. The van der Waals surface area contributed by atoms with Crippen LogP contribution in [0.3, 0.4) is 0 Å². The molecule has 1 atom stereocenters. The number of aromatic nitrogens is 2. The number of carbonyl (C=O) groups excluding carboxylic acids is 1. The van der Waals surface area contributed by atoms with Crippen LogP contribution in [-0.2, 0) is 17.6 Å². The molecular formula is C18H17N3OS. The van der Waals surface area contributed by atoms with Gasteiger partial charge >= 0.3 is 0 Å². The van der Waals surface area contributed by atoms with Gasteiger partial charge in [-0.15, -0.1) is 11.3 Å². The van der Waals surface area contributed by atoms with Crippen LogP contribution >= 0.6 is 11.3 Å². The first-order valence-corrected chi connectivity index (χ1v) is 8.60. The molecule has 3 aromatic rings. The van der Waals surface area contributed by atoms with Crippen LogP contribution in [-0.4, -0.2) is 27.3 Å². The number of amides is 1. The van der Waals surface area contributed by atoms with Gasteiger partial charge in [0, 0.05) is 23.5 Å². The third-order valence-corrected chi connectivity index (χ3v) is 5.14. The Labute approximate surface area is 138 Å². The van der Waals surface area contributed by atoms with Crippen LogP contribution in [0.1, 0.15) is 27.9 Å². The van der Waals surface area contributed by atoms with Crippen molar-refractivity contribution in [1.82, 2.24) is 14.9 Å². The van der Waals surface area contributed by atoms with Crippen molar-refractivity contribution >= 4 is 17.2 Å². The van der Waals surface area contributed by atoms with Crippen molar-refractivity contribution in [3.05, 3.63) is 76.0 Å². The lowest BCUT2D eigenvalue weighted by Gasteiger charge is -2.35. The van der Waals surface area contributed by atoms with E-state index in [-0.39, 0.29) is 11.9 Å². The van der Waals surface area contributed by atoms with Crippen molar-refractivity contribution in [2.24, 2.45) is 0 Å². The largest absolute Gasteiger partial charge is 0.348 e. The minimum atomic E-state index is -0.0985. The number of hydrogen-bond donors (Lipinski definition) is 1. The Morgan fingerprint density at radius 1 is 1.26 bits per heavy atom. The van der Waals surface area contributed by atoms with Gasteiger partial charge in [0.1, 0.15) is 6.04 Å². The van der Waals surface area contributed by atoms with Crippen molar-refractivity contribution in [3.8, 4) is 0 Å². The SMILES string of the molecule is O=C(Cc1cccs1)N1CCc2[nH]cnc2C1c1ccccc1. The third-order valence-electron chi connectivity index (χ3n) is 4.27. The summed E-state index contributed by atoms with van der Waals surface area (Å²) in [7, 11) is 0. The average Bonchev–Trinajstić information content (AvgIpc) is 3.25. The van der Waals surface area contributed by atoms with Crippen molar-refractivity contribution in [3.63, 3.8) is 0 Å². The second-order valence-electron chi connectivity index (χ2n) is 5.67. The van der Waals surface area contributed by atoms with E-state index >= 15 is 0 Å². The van der Waals surface area contributed by atoms with Crippen LogP contribution in [0.25, 0.3) is 0 Å². The fraction of sp³-hybridized carbons (Fsp3) is 0.222. The third kappa shape index (κ3) is 2.68. The molecule has 0 spiro atoms. The van der Waals surface area contributed by atoms with Gasteiger partial charge in [0.2, 0.25) is 5.91 Å². The number of carbonyl (C=O) groups is 1. The highest BCUT2D eigenvalue weighted by Gasteiger charge is 2.33. The number of fused-ring (bicyclic) bond motifs is 1. The van der Waals surface area contributed by atoms with Gasteiger partial charge in [0.05, 0.1) is 18.4 Å². The monoisotopic (exact) mass is 323 g/mol. The molecule has 2 aromatic heterocycles. The molecule has 1 aliphatic heterocycles. The zero-order valence-electron chi connectivity index (χ0n) is 12.6. The normalized spacial score (nSPS) is 17.0. The van der Waals surface area contributed by atoms with Gasteiger partial charge in [-0.1, -0.05) is 36.4 Å². The smallest absolute Gasteiger partial charge is 0.228 e. The second-order valence-corrected chi connectivity index (χ2v) is 6.71. The highest BCUT2D eigenvalue weighted by molar-refractivity contribution is 7.10. The second kappa shape index (κ2) is 6.01. The molecule has 4 nitrogen and oxygen atoms in total. The van der Waals surface area contributed by atoms with Gasteiger partial charge < -0.3 is 9.88 Å². The van der Waals surface area contributed by atoms with Gasteiger partial charge in [0.15, 0.2) is 0 Å². The van der Waals surface area contributed by atoms with Crippen molar-refractivity contribution in [2.75, 3.05) is 6.54 Å². The standard InChI is InChI=1S/C18H17N3OS/c22-16(11-14-7-4-10-23-14)21-9-8-15-17(20-12-19-15)18(21)13-5-2-1-3-6-13/h1-7,10,12,18H,8-9,11H2,(H,19,20). The predicted molar refractivity (Wildman–Crippen MR) is 90.3 cm³/mol. The van der Waals surface area contributed by atoms with E-state index in [1.807, 2.05) is 40.6 Å². The van der Waals surface area contributed by atoms with Crippen molar-refractivity contribution in [1.29, 1.82) is 0 Å². The van der Waals surface area contributed by atoms with Gasteiger partial charge in [-0.2, -0.15) is 0 Å². The lowest BCUT2D eigenvalue weighted by atomic mass is 9.95. The van der Waals surface area contributed by atoms with E-state index in [4.69, 9.17) is 0 Å². The summed E-state index contributed by atoms with van der Waals surface area (Å²) in [5.41, 5.74) is 3.22. The van der Waals surface area contributed by atoms with Crippen LogP contribution in [0.5, 0.6) is 0 Å². The molecule has 1 N–H and O–H groups in total. The lowest BCUT2D eigenvalue weighted by molar-refractivity contribution is -0.132. The Balaban J connectivity index is 1.69. The molecule has 3 heterocycles. The van der Waals surface area contributed by atoms with Crippen LogP contribution in [0.15, 0.2) is 54.2 Å². The first-order chi connectivity index (χ1) is 11.3. The fourth-order valence-electron chi connectivity index (χ4n) is 3.18. The molecule has 0 bridgehead atoms. The van der Waals surface area contributed by atoms with E-state index in [1.165, 1.54) is 0 Å². The van der Waals surface area contributed by atoms with Crippen LogP contribution in [0.4, 0.5) is 0 Å². The number of nitrogens with zero attached hydrogens (tertiary/aromatic N) is 2. The average molecular weight is 323 g/mol. The molecule has 116 valence electrons. The van der Waals surface area contributed by atoms with E-state index in [9.17, 15) is 4.79 Å². The van der Waals surface area contributed by atoms with Crippen LogP contribution < -0.4 is 0 Å². The molecule has 1 amide bonds. The Kier molecular flexibility index (Phi) is 3.71. The number of aromatic amines is 1. The molecule has 4 rings (SSSR count). The van der Waals surface area contributed by atoms with Gasteiger partial charge in [-0.05, 0) is 17.0 Å². The summed E-state index contributed by atoms with van der Waals surface area (Å²) in [6.07, 6.45) is 3.02. The maximum absolute atomic E-state index is 12.9. The first-order valence-electron chi connectivity index (χ1n) is 7.72. The Morgan fingerprint density at radius 2 is 2.13 bits per heavy atom. The van der Waals surface area contributed by atoms with Gasteiger partial charge in [-0.25, -0.2) is 4.98 Å². The van der Waals surface area contributed by atoms with Gasteiger partial charge in [-0.3, -0.25) is 4.79 Å². The molecule has 1 aliphatic rings. The molecule has 1 unspecified atom stereocenters. The number of thiophene rings is 1. The summed E-state index contributed by atoms with van der Waals surface area (Å²) in [5, 5.41) is 2.01. The first kappa shape index (κ1) is 14.2. The summed E-state index contributed by atoms with van der Waals surface area (Å²) < 4.78 is 0. The molecule has 0 saturated carbocycles. The summed E-state index contributed by atoms with van der Waals surface area (Å²) in [4.78, 5) is 23.7. The lowest BCUT2D eigenvalue weighted by Crippen LogP contribution is -2.41. The van der Waals surface area contributed by atoms with Crippen LogP contribution in [0, 0.1) is 0 Å². The summed E-state index contributed by atoms with van der Waals surface area (Å²) in [5.74, 6) is 0.162. The van der Waals surface area contributed by atoms with E-state index in [2.05, 4.69) is 22.1 Å². The molecule has 1 aromatic carbocycles. The number of imidazole rings is 1. The summed E-state index contributed by atoms with van der Waals surface area (Å²) in [6, 6.07) is 14.1. The van der Waals surface area contributed by atoms with Crippen LogP contribution in [0.2, 0.25) is 0 Å². The molecular weight excluding hydrogens is 306 g/mol. The molecule has 23 heavy (non-hydrogen) atoms. The highest BCUT2D eigenvalue weighted by Crippen LogP contribution is 2.33. The summed E-state index contributed by atoms with van der Waals surface area (Å²) >= 11 is 1.63. The van der Waals surface area contributed by atoms with E-state index in [1.54, 1.807) is 17.7 Å². The van der Waals surface area contributed by atoms with Crippen molar-refractivity contribution < 1.29 is 4.79 Å². The minimum absolute atomic E-state index is 0.0985. The molecule has 0 radical (unpaired) electrons. The highest BCUT2D eigenvalue weighted by atomic mass is 32.1. The zero-order valence-corrected chi connectivity index (χ0v) is 13.4. The Hall–Kier alpha value is -2.40. The molecule has 5 heteroatoms. The summed E-state index contributed by atoms with van der Waals surface area (Å²) in [6.45, 7) is 0.721. The van der Waals surface area contributed by atoms with Gasteiger partial charge in [0.25, 0.3) is 0 Å². The molecule has 0 aliphatic carbocycles. The molecule has 0 saturated heterocycles. The predicted octanol–water partition coefficient (Wildman–Crippen LogP) is 3.19. The number of nitrogens with one attached hydrogen (secondary N) is 1. The van der Waals surface area contributed by atoms with E-state index < -0.39 is 0 Å². The van der Waals surface area contributed by atoms with Crippen molar-refractivity contribution in [2.45, 2.75) is 18.9 Å². The van der Waals surface area contributed by atoms with E-state index in [0.717, 1.165) is 34.8 Å². The number of hydrogen-bond acceptors (Lipinski definition) is 3. The Bertz CT molecular complexity index is 795. The molecule has 0 fully saturated rings. The number of benzene rings is 1. The number of rotatable bonds is 3.